The van der Waals surface area contributed by atoms with Gasteiger partial charge in [-0.15, -0.1) is 0 Å². The second-order valence-corrected chi connectivity index (χ2v) is 0.893. The van der Waals surface area contributed by atoms with Gasteiger partial charge in [-0.1, -0.05) is 0 Å². The van der Waals surface area contributed by atoms with Crippen molar-refractivity contribution in [3.8, 4) is 0 Å². The van der Waals surface area contributed by atoms with Crippen molar-refractivity contribution in [2.45, 2.75) is 0 Å². The quantitative estimate of drug-likeness (QED) is 0.370. The molecule has 0 unspecified atom stereocenters. The van der Waals surface area contributed by atoms with Crippen LogP contribution in [0.1, 0.15) is 0 Å². The summed E-state index contributed by atoms with van der Waals surface area (Å²) in [5.41, 5.74) is 5.61. The summed E-state index contributed by atoms with van der Waals surface area (Å²) in [6.07, 6.45) is 0. The molecular weight excluding hydrogens is 66.0 g/mol. The Morgan fingerprint density at radius 2 is 1.80 bits per heavy atom. The molecule has 0 aromatic carbocycles. The molecule has 1 aliphatic heterocycles. The Labute approximate surface area is 30.7 Å². The molecule has 1 fully saturated rings. The molecule has 3 heteroatoms. The molecule has 1 saturated heterocycles. The van der Waals surface area contributed by atoms with Crippen LogP contribution in [0, 0.1) is 0 Å². The maximum Gasteiger partial charge on any atom is 0.0770 e. The molecule has 0 aromatic heterocycles. The molecule has 5 heavy (non-hydrogen) atoms. The molecule has 2 N–H and O–H groups in total. The zero-order valence-corrected chi connectivity index (χ0v) is 2.86. The van der Waals surface area contributed by atoms with E-state index in [0.717, 1.165) is 13.3 Å². The van der Waals surface area contributed by atoms with Crippen LogP contribution in [0.3, 0.4) is 0 Å². The normalized spacial score (nSPS) is 24.0. The van der Waals surface area contributed by atoms with Gasteiger partial charge in [-0.05, 0) is 0 Å². The van der Waals surface area contributed by atoms with Gasteiger partial charge >= 0.3 is 0 Å². The Kier molecular flexibility index (Phi) is 0.834. The van der Waals surface area contributed by atoms with E-state index in [-0.39, 0.29) is 0 Å². The summed E-state index contributed by atoms with van der Waals surface area (Å²) in [6.45, 7) is 1.53. The van der Waals surface area contributed by atoms with Gasteiger partial charge in [0, 0.05) is 0 Å². The Bertz CT molecular complexity index is 16.5. The van der Waals surface area contributed by atoms with Gasteiger partial charge in [-0.25, -0.2) is 16.2 Å². The van der Waals surface area contributed by atoms with Gasteiger partial charge < -0.3 is 0 Å². The van der Waals surface area contributed by atoms with E-state index in [1.807, 2.05) is 0 Å². The first-order valence-electron chi connectivity index (χ1n) is 1.59. The largest absolute Gasteiger partial charge is 0.241 e. The summed E-state index contributed by atoms with van der Waals surface area (Å²) in [5.74, 6) is 0. The van der Waals surface area contributed by atoms with Gasteiger partial charge in [-0.2, -0.15) is 0 Å². The lowest BCUT2D eigenvalue weighted by molar-refractivity contribution is 0.689. The predicted molar refractivity (Wildman–Crippen MR) is 18.1 cm³/mol. The molecule has 0 spiro atoms. The molecule has 1 rings (SSSR count). The first-order valence-corrected chi connectivity index (χ1v) is 1.59. The molecule has 1 radical (unpaired) electrons. The van der Waals surface area contributed by atoms with Crippen LogP contribution in [0.2, 0.25) is 0 Å². The lowest BCUT2D eigenvalue weighted by Gasteiger charge is -1.78. The zero-order valence-electron chi connectivity index (χ0n) is 2.86. The first kappa shape index (κ1) is 3.08. The molecule has 0 aliphatic carbocycles. The summed E-state index contributed by atoms with van der Waals surface area (Å²) in [5, 5.41) is 3.86. The molecular formula is C2H6N3. The third kappa shape index (κ3) is 0.576. The minimum Gasteiger partial charge on any atom is -0.241 e. The fourth-order valence-corrected chi connectivity index (χ4v) is 0.280. The lowest BCUT2D eigenvalue weighted by atomic mass is 11.1. The van der Waals surface area contributed by atoms with E-state index >= 15 is 0 Å². The van der Waals surface area contributed by atoms with E-state index < -0.39 is 0 Å². The van der Waals surface area contributed by atoms with Gasteiger partial charge in [0.05, 0.1) is 13.3 Å². The van der Waals surface area contributed by atoms with Crippen molar-refractivity contribution in [2.75, 3.05) is 13.3 Å². The third-order valence-corrected chi connectivity index (χ3v) is 0.507. The molecule has 0 atom stereocenters. The van der Waals surface area contributed by atoms with Gasteiger partial charge in [0.15, 0.2) is 0 Å². The topological polar surface area (TPSA) is 38.2 Å². The van der Waals surface area contributed by atoms with Crippen LogP contribution in [0.5, 0.6) is 0 Å². The van der Waals surface area contributed by atoms with Crippen molar-refractivity contribution in [3.63, 3.8) is 0 Å². The van der Waals surface area contributed by atoms with E-state index in [2.05, 4.69) is 16.2 Å². The number of rotatable bonds is 0. The van der Waals surface area contributed by atoms with E-state index in [4.69, 9.17) is 0 Å². The molecule has 0 bridgehead atoms. The second kappa shape index (κ2) is 1.35. The number of hydrazine groups is 1. The van der Waals surface area contributed by atoms with Crippen LogP contribution in [0.25, 0.3) is 0 Å². The van der Waals surface area contributed by atoms with Crippen LogP contribution in [0.4, 0.5) is 0 Å². The van der Waals surface area contributed by atoms with Crippen molar-refractivity contribution in [3.05, 3.63) is 0 Å². The minimum atomic E-state index is 0.764. The molecule has 1 heterocycles. The molecule has 0 saturated carbocycles. The highest BCUT2D eigenvalue weighted by atomic mass is 15.5. The van der Waals surface area contributed by atoms with Crippen LogP contribution < -0.4 is 16.2 Å². The van der Waals surface area contributed by atoms with Crippen molar-refractivity contribution in [2.24, 2.45) is 0 Å². The average Bonchev–Trinajstić information content (AvgIpc) is 1.76. The van der Waals surface area contributed by atoms with Gasteiger partial charge in [-0.3, -0.25) is 0 Å². The van der Waals surface area contributed by atoms with Crippen LogP contribution in [-0.4, -0.2) is 13.3 Å². The maximum atomic E-state index is 3.86. The summed E-state index contributed by atoms with van der Waals surface area (Å²) in [7, 11) is 0. The van der Waals surface area contributed by atoms with E-state index in [1.54, 1.807) is 0 Å². The van der Waals surface area contributed by atoms with E-state index in [0.29, 0.717) is 0 Å². The van der Waals surface area contributed by atoms with Crippen molar-refractivity contribution < 1.29 is 0 Å². The summed E-state index contributed by atoms with van der Waals surface area (Å²) >= 11 is 0. The Morgan fingerprint density at radius 1 is 1.20 bits per heavy atom. The van der Waals surface area contributed by atoms with Gasteiger partial charge in [0.1, 0.15) is 0 Å². The minimum absolute atomic E-state index is 0.764. The average molecular weight is 72.1 g/mol. The zero-order chi connectivity index (χ0) is 3.54. The monoisotopic (exact) mass is 72.1 g/mol. The number of hydrogen-bond acceptors (Lipinski definition) is 2. The van der Waals surface area contributed by atoms with Crippen molar-refractivity contribution in [1.82, 2.24) is 16.2 Å². The number of hydrogen-bond donors (Lipinski definition) is 2. The SMILES string of the molecule is C1[N]CNN1. The van der Waals surface area contributed by atoms with Gasteiger partial charge in [0.2, 0.25) is 0 Å². The van der Waals surface area contributed by atoms with E-state index in [9.17, 15) is 0 Å². The smallest absolute Gasteiger partial charge is 0.0770 e. The Balaban J connectivity index is 2.08. The van der Waals surface area contributed by atoms with Crippen molar-refractivity contribution >= 4 is 0 Å². The summed E-state index contributed by atoms with van der Waals surface area (Å²) in [4.78, 5) is 0. The number of nitrogens with one attached hydrogen (secondary N) is 2. The molecule has 1 aliphatic rings. The highest BCUT2D eigenvalue weighted by molar-refractivity contribution is 4.43. The fourth-order valence-electron chi connectivity index (χ4n) is 0.280. The van der Waals surface area contributed by atoms with Crippen LogP contribution in [0.15, 0.2) is 0 Å². The summed E-state index contributed by atoms with van der Waals surface area (Å²) < 4.78 is 0. The lowest BCUT2D eigenvalue weighted by Crippen LogP contribution is -2.21. The molecule has 29 valence electrons. The summed E-state index contributed by atoms with van der Waals surface area (Å²) in [6, 6.07) is 0. The highest BCUT2D eigenvalue weighted by Gasteiger charge is 1.90. The third-order valence-electron chi connectivity index (χ3n) is 0.507. The Morgan fingerprint density at radius 3 is 2.00 bits per heavy atom. The fraction of sp³-hybridized carbons (Fsp3) is 1.00. The highest BCUT2D eigenvalue weighted by Crippen LogP contribution is 1.56. The second-order valence-electron chi connectivity index (χ2n) is 0.893. The number of nitrogens with zero attached hydrogens (tertiary/aromatic N) is 1. The first-order chi connectivity index (χ1) is 2.50. The molecule has 0 aromatic rings. The van der Waals surface area contributed by atoms with Gasteiger partial charge in [0.25, 0.3) is 0 Å². The molecule has 3 nitrogen and oxygen atoms in total. The van der Waals surface area contributed by atoms with Crippen molar-refractivity contribution in [1.29, 1.82) is 0 Å². The molecule has 0 amide bonds. The van der Waals surface area contributed by atoms with E-state index in [1.165, 1.54) is 0 Å². The predicted octanol–water partition coefficient (Wildman–Crippen LogP) is -1.39. The van der Waals surface area contributed by atoms with Crippen LogP contribution in [-0.2, 0) is 0 Å². The maximum absolute atomic E-state index is 3.86. The standard InChI is InChI=1S/C2H6N3/c1-3-2-5-4-1/h4-5H,1-2H2. The Hall–Kier alpha value is -0.120. The van der Waals surface area contributed by atoms with Crippen LogP contribution >= 0.6 is 0 Å².